The predicted octanol–water partition coefficient (Wildman–Crippen LogP) is 5.83. The molecule has 1 heterocycles. The van der Waals surface area contributed by atoms with E-state index in [-0.39, 0.29) is 45.9 Å². The highest BCUT2D eigenvalue weighted by atomic mass is 32.2. The summed E-state index contributed by atoms with van der Waals surface area (Å²) < 4.78 is 53.3. The maximum atomic E-state index is 14.1. The van der Waals surface area contributed by atoms with Gasteiger partial charge in [-0.25, -0.2) is 4.57 Å². The van der Waals surface area contributed by atoms with Crippen molar-refractivity contribution in [2.75, 3.05) is 18.6 Å². The number of carbonyl (C=O) groups excluding carboxylic acids is 1. The average molecular weight is 547 g/mol. The Balaban J connectivity index is 1.83. The highest BCUT2D eigenvalue weighted by Gasteiger charge is 2.48. The summed E-state index contributed by atoms with van der Waals surface area (Å²) >= 11 is 0. The van der Waals surface area contributed by atoms with E-state index in [0.717, 1.165) is 18.4 Å². The third-order valence-electron chi connectivity index (χ3n) is 6.52. The first-order chi connectivity index (χ1) is 17.5. The highest BCUT2D eigenvalue weighted by molar-refractivity contribution is 7.90. The molecule has 2 N–H and O–H groups in total. The number of aliphatic hydroxyl groups excluding tert-OH is 1. The van der Waals surface area contributed by atoms with E-state index in [1.807, 2.05) is 26.0 Å². The maximum absolute atomic E-state index is 14.1. The minimum Gasteiger partial charge on any atom is -0.506 e. The fourth-order valence-electron chi connectivity index (χ4n) is 5.16. The smallest absolute Gasteiger partial charge is 0.376 e. The first-order valence-electron chi connectivity index (χ1n) is 12.3. The van der Waals surface area contributed by atoms with Gasteiger partial charge in [-0.2, -0.15) is 8.42 Å². The fraction of sp³-hybridized carbons (Fsp3) is 0.385. The molecule has 0 amide bonds. The van der Waals surface area contributed by atoms with E-state index in [4.69, 9.17) is 9.05 Å². The van der Waals surface area contributed by atoms with Crippen molar-refractivity contribution in [3.8, 4) is 5.75 Å². The Kier molecular flexibility index (Phi) is 7.38. The molecule has 2 aliphatic rings. The van der Waals surface area contributed by atoms with Crippen LogP contribution < -0.4 is 9.84 Å². The van der Waals surface area contributed by atoms with Crippen molar-refractivity contribution in [2.24, 2.45) is 4.40 Å². The lowest BCUT2D eigenvalue weighted by atomic mass is 9.63. The van der Waals surface area contributed by atoms with Crippen LogP contribution in [0.3, 0.4) is 0 Å². The fourth-order valence-corrected chi connectivity index (χ4v) is 7.32. The first-order valence-corrected chi connectivity index (χ1v) is 15.7. The largest absolute Gasteiger partial charge is 0.506 e. The predicted molar refractivity (Wildman–Crippen MR) is 143 cm³/mol. The number of hydrogen-bond acceptors (Lipinski definition) is 8. The number of fused-ring (bicyclic) bond motifs is 2. The summed E-state index contributed by atoms with van der Waals surface area (Å²) in [6, 6.07) is 11.3. The summed E-state index contributed by atoms with van der Waals surface area (Å²) in [6.45, 7) is 7.10. The molecule has 0 radical (unpaired) electrons. The van der Waals surface area contributed by atoms with Gasteiger partial charge in [0.05, 0.1) is 17.7 Å². The van der Waals surface area contributed by atoms with Crippen LogP contribution in [0.25, 0.3) is 5.76 Å². The molecule has 2 aromatic carbocycles. The average Bonchev–Trinajstić information content (AvgIpc) is 2.83. The molecule has 0 bridgehead atoms. The SMILES string of the molecule is CCCC1(CCC)C(=O)C(C2=NS(=O)(=O)c3cc(OP(C)(=O)OCC)ccc3N2)=C(O)c2ccccc21. The van der Waals surface area contributed by atoms with Crippen molar-refractivity contribution < 1.29 is 31.9 Å². The van der Waals surface area contributed by atoms with Gasteiger partial charge in [-0.1, -0.05) is 51.0 Å². The van der Waals surface area contributed by atoms with E-state index in [0.29, 0.717) is 18.4 Å². The quantitative estimate of drug-likeness (QED) is 0.376. The lowest BCUT2D eigenvalue weighted by Gasteiger charge is -2.39. The summed E-state index contributed by atoms with van der Waals surface area (Å²) in [6.07, 6.45) is 2.53. The molecule has 0 aromatic heterocycles. The number of Topliss-reactive ketones (excluding diaryl/α,β-unsaturated/α-hetero) is 1. The number of nitrogens with one attached hydrogen (secondary N) is 1. The van der Waals surface area contributed by atoms with Gasteiger partial charge in [0.15, 0.2) is 11.6 Å². The van der Waals surface area contributed by atoms with E-state index in [9.17, 15) is 22.9 Å². The Labute approximate surface area is 217 Å². The molecule has 11 heteroatoms. The maximum Gasteiger partial charge on any atom is 0.376 e. The molecule has 1 aliphatic heterocycles. The Morgan fingerprint density at radius 1 is 1.08 bits per heavy atom. The van der Waals surface area contributed by atoms with Crippen LogP contribution >= 0.6 is 7.60 Å². The van der Waals surface area contributed by atoms with E-state index in [1.165, 1.54) is 24.9 Å². The third kappa shape index (κ3) is 4.85. The molecule has 0 fully saturated rings. The zero-order chi connectivity index (χ0) is 27.0. The number of sulfonamides is 1. The van der Waals surface area contributed by atoms with E-state index < -0.39 is 23.0 Å². The van der Waals surface area contributed by atoms with Gasteiger partial charge >= 0.3 is 7.60 Å². The van der Waals surface area contributed by atoms with Crippen LogP contribution in [-0.4, -0.2) is 38.4 Å². The van der Waals surface area contributed by atoms with Gasteiger partial charge in [-0.3, -0.25) is 4.79 Å². The van der Waals surface area contributed by atoms with Crippen LogP contribution in [0.15, 0.2) is 57.3 Å². The highest BCUT2D eigenvalue weighted by Crippen LogP contribution is 2.48. The monoisotopic (exact) mass is 546 g/mol. The zero-order valence-corrected chi connectivity index (χ0v) is 23.0. The van der Waals surface area contributed by atoms with Crippen molar-refractivity contribution in [1.29, 1.82) is 0 Å². The van der Waals surface area contributed by atoms with Gasteiger partial charge in [-0.15, -0.1) is 4.40 Å². The second-order valence-electron chi connectivity index (χ2n) is 9.16. The molecule has 1 aliphatic carbocycles. The number of rotatable bonds is 9. The van der Waals surface area contributed by atoms with Crippen molar-refractivity contribution in [3.63, 3.8) is 0 Å². The van der Waals surface area contributed by atoms with Gasteiger partial charge in [-0.05, 0) is 37.5 Å². The summed E-state index contributed by atoms with van der Waals surface area (Å²) in [5.41, 5.74) is 0.331. The second kappa shape index (κ2) is 10.1. The Morgan fingerprint density at radius 3 is 2.41 bits per heavy atom. The molecule has 37 heavy (non-hydrogen) atoms. The van der Waals surface area contributed by atoms with Crippen molar-refractivity contribution in [1.82, 2.24) is 0 Å². The Morgan fingerprint density at radius 2 is 1.76 bits per heavy atom. The molecule has 0 spiro atoms. The van der Waals surface area contributed by atoms with Crippen LogP contribution in [0.1, 0.15) is 57.6 Å². The van der Waals surface area contributed by atoms with Crippen molar-refractivity contribution >= 4 is 40.7 Å². The third-order valence-corrected chi connectivity index (χ3v) is 9.10. The number of nitrogens with zero attached hydrogens (tertiary/aromatic N) is 1. The molecule has 4 rings (SSSR count). The van der Waals surface area contributed by atoms with Crippen LogP contribution in [0, 0.1) is 0 Å². The second-order valence-corrected chi connectivity index (χ2v) is 12.7. The van der Waals surface area contributed by atoms with Crippen molar-refractivity contribution in [3.05, 3.63) is 59.2 Å². The minimum atomic E-state index is -4.30. The van der Waals surface area contributed by atoms with Gasteiger partial charge < -0.3 is 19.5 Å². The summed E-state index contributed by atoms with van der Waals surface area (Å²) in [7, 11) is -7.74. The van der Waals surface area contributed by atoms with Gasteiger partial charge in [0.25, 0.3) is 10.0 Å². The number of aliphatic hydroxyl groups is 1. The Hall–Kier alpha value is -2.94. The van der Waals surface area contributed by atoms with Gasteiger partial charge in [0.1, 0.15) is 22.0 Å². The molecule has 198 valence electrons. The molecule has 0 saturated heterocycles. The van der Waals surface area contributed by atoms with E-state index in [1.54, 1.807) is 19.1 Å². The van der Waals surface area contributed by atoms with Crippen LogP contribution in [-0.2, 0) is 29.3 Å². The lowest BCUT2D eigenvalue weighted by Crippen LogP contribution is -2.44. The van der Waals surface area contributed by atoms with E-state index in [2.05, 4.69) is 9.71 Å². The van der Waals surface area contributed by atoms with E-state index >= 15 is 0 Å². The molecule has 1 atom stereocenters. The zero-order valence-electron chi connectivity index (χ0n) is 21.3. The molecule has 0 saturated carbocycles. The van der Waals surface area contributed by atoms with Crippen molar-refractivity contribution in [2.45, 2.75) is 56.8 Å². The summed E-state index contributed by atoms with van der Waals surface area (Å²) in [5.74, 6) is -0.861. The van der Waals surface area contributed by atoms with Crippen LogP contribution in [0.4, 0.5) is 5.69 Å². The summed E-state index contributed by atoms with van der Waals surface area (Å²) in [4.78, 5) is 13.9. The molecule has 9 nitrogen and oxygen atoms in total. The number of ketones is 1. The lowest BCUT2D eigenvalue weighted by molar-refractivity contribution is -0.121. The number of amidine groups is 1. The molecule has 1 unspecified atom stereocenters. The van der Waals surface area contributed by atoms with Crippen LogP contribution in [0.5, 0.6) is 5.75 Å². The molecule has 2 aromatic rings. The summed E-state index contributed by atoms with van der Waals surface area (Å²) in [5, 5.41) is 14.2. The van der Waals surface area contributed by atoms with Crippen LogP contribution in [0.2, 0.25) is 0 Å². The number of hydrogen-bond donors (Lipinski definition) is 2. The normalized spacial score (nSPS) is 19.2. The minimum absolute atomic E-state index is 0.0386. The van der Waals surface area contributed by atoms with Gasteiger partial charge in [0, 0.05) is 18.3 Å². The number of anilines is 1. The molecular weight excluding hydrogens is 515 g/mol. The number of carbonyl (C=O) groups is 1. The standard InChI is InChI=1S/C26H31N2O7PS/c1-5-14-26(15-6-2)19-11-9-8-10-18(19)23(29)22(24(26)30)25-27-20-13-12-17(35-36(4,31)34-7-3)16-21(20)37(32,33)28-25/h8-13,16,29H,5-7,14-15H2,1-4H3,(H,27,28). The van der Waals surface area contributed by atoms with Gasteiger partial charge in [0.2, 0.25) is 0 Å². The first kappa shape index (κ1) is 27.1. The number of benzene rings is 2. The molecular formula is C26H31N2O7PS. The Bertz CT molecular complexity index is 1460. The topological polar surface area (TPSA) is 131 Å².